The molecule has 0 unspecified atom stereocenters. The summed E-state index contributed by atoms with van der Waals surface area (Å²) in [5, 5.41) is 0. The fraction of sp³-hybridized carbons (Fsp3) is 0.263. The van der Waals surface area contributed by atoms with Crippen LogP contribution in [-0.2, 0) is 20.4 Å². The molecule has 1 heterocycles. The summed E-state index contributed by atoms with van der Waals surface area (Å²) >= 11 is 2.92. The summed E-state index contributed by atoms with van der Waals surface area (Å²) in [4.78, 5) is 50.3. The summed E-state index contributed by atoms with van der Waals surface area (Å²) in [6.45, 7) is 5.66. The minimum absolute atomic E-state index is 0.0690. The van der Waals surface area contributed by atoms with Crippen molar-refractivity contribution in [1.29, 1.82) is 0 Å². The van der Waals surface area contributed by atoms with Crippen molar-refractivity contribution in [2.75, 3.05) is 6.61 Å². The molecule has 0 saturated carbocycles. The zero-order valence-electron chi connectivity index (χ0n) is 16.5. The van der Waals surface area contributed by atoms with Gasteiger partial charge in [-0.2, -0.15) is 13.2 Å². The number of carbonyl (C=O) groups excluding carboxylic acids is 2. The van der Waals surface area contributed by atoms with E-state index in [0.29, 0.717) is 6.07 Å². The predicted molar refractivity (Wildman–Crippen MR) is 106 cm³/mol. The van der Waals surface area contributed by atoms with Gasteiger partial charge in [-0.3, -0.25) is 4.79 Å². The number of hydrogen-bond acceptors (Lipinski definition) is 6. The van der Waals surface area contributed by atoms with Crippen LogP contribution in [0.5, 0.6) is 0 Å². The van der Waals surface area contributed by atoms with E-state index < -0.39 is 57.7 Å². The van der Waals surface area contributed by atoms with Gasteiger partial charge in [-0.05, 0) is 41.9 Å². The molecular formula is C19H15BrF4N2O6. The van der Waals surface area contributed by atoms with Crippen LogP contribution in [0.15, 0.2) is 44.9 Å². The molecule has 0 aliphatic heterocycles. The average Bonchev–Trinajstić information content (AvgIpc) is 2.65. The second-order valence-electron chi connectivity index (χ2n) is 6.73. The van der Waals surface area contributed by atoms with E-state index in [1.165, 1.54) is 24.9 Å². The minimum Gasteiger partial charge on any atom is -0.459 e. The van der Waals surface area contributed by atoms with Crippen molar-refractivity contribution < 1.29 is 36.6 Å². The number of aromatic nitrogens is 2. The molecule has 0 fully saturated rings. The first-order chi connectivity index (χ1) is 14.7. The number of rotatable bonds is 6. The van der Waals surface area contributed by atoms with Gasteiger partial charge >= 0.3 is 23.8 Å². The number of esters is 2. The number of nitrogens with one attached hydrogen (secondary N) is 1. The Kier molecular flexibility index (Phi) is 7.13. The van der Waals surface area contributed by atoms with Crippen LogP contribution in [0, 0.1) is 5.82 Å². The molecule has 2 rings (SSSR count). The Hall–Kier alpha value is -3.22. The average molecular weight is 523 g/mol. The predicted octanol–water partition coefficient (Wildman–Crippen LogP) is 3.11. The maximum atomic E-state index is 14.5. The smallest absolute Gasteiger partial charge is 0.431 e. The highest BCUT2D eigenvalue weighted by Gasteiger charge is 2.35. The van der Waals surface area contributed by atoms with Crippen molar-refractivity contribution in [2.24, 2.45) is 0 Å². The Balaban J connectivity index is 2.53. The second-order valence-corrected chi connectivity index (χ2v) is 7.58. The highest BCUT2D eigenvalue weighted by molar-refractivity contribution is 9.10. The summed E-state index contributed by atoms with van der Waals surface area (Å²) in [6.07, 6.45) is -3.73. The van der Waals surface area contributed by atoms with Crippen molar-refractivity contribution in [2.45, 2.75) is 25.6 Å². The Morgan fingerprint density at radius 2 is 1.84 bits per heavy atom. The fourth-order valence-corrected chi connectivity index (χ4v) is 2.86. The van der Waals surface area contributed by atoms with Gasteiger partial charge in [-0.15, -0.1) is 0 Å². The summed E-state index contributed by atoms with van der Waals surface area (Å²) in [5.41, 5.74) is -7.71. The quantitative estimate of drug-likeness (QED) is 0.355. The number of H-pyrrole nitrogens is 1. The minimum atomic E-state index is -5.02. The van der Waals surface area contributed by atoms with Crippen molar-refractivity contribution >= 4 is 27.9 Å². The van der Waals surface area contributed by atoms with Gasteiger partial charge in [0, 0.05) is 10.5 Å². The number of halogens is 5. The molecule has 0 spiro atoms. The van der Waals surface area contributed by atoms with E-state index in [0.717, 1.165) is 6.07 Å². The Labute approximate surface area is 185 Å². The lowest BCUT2D eigenvalue weighted by Gasteiger charge is -2.23. The lowest BCUT2D eigenvalue weighted by atomic mass is 10.1. The second kappa shape index (κ2) is 9.10. The number of alkyl halides is 3. The van der Waals surface area contributed by atoms with Gasteiger partial charge in [0.1, 0.15) is 18.1 Å². The molecule has 0 radical (unpaired) electrons. The van der Waals surface area contributed by atoms with Crippen LogP contribution < -0.4 is 11.2 Å². The van der Waals surface area contributed by atoms with Gasteiger partial charge in [-0.1, -0.05) is 12.7 Å². The topological polar surface area (TPSA) is 107 Å². The lowest BCUT2D eigenvalue weighted by molar-refractivity contribution is -0.161. The standard InChI is InChI=1S/C19H15BrF4N2O6/c1-4-5-31-16(29)18(2,3)32-15(28)9-6-12(11(21)7-10(9)20)26-14(27)8-13(19(22,23)24)25-17(26)30/h4,6-8H,1,5H2,2-3H3,(H,25,30). The van der Waals surface area contributed by atoms with Crippen LogP contribution in [0.3, 0.4) is 0 Å². The SMILES string of the molecule is C=CCOC(=O)C(C)(C)OC(=O)c1cc(-n2c(=O)cc(C(F)(F)F)[nH]c2=O)c(F)cc1Br. The van der Waals surface area contributed by atoms with E-state index in [1.807, 2.05) is 0 Å². The first-order valence-corrected chi connectivity index (χ1v) is 9.42. The molecule has 0 aliphatic rings. The zero-order chi connectivity index (χ0) is 24.4. The molecule has 1 aromatic carbocycles. The maximum Gasteiger partial charge on any atom is 0.431 e. The molecular weight excluding hydrogens is 508 g/mol. The largest absolute Gasteiger partial charge is 0.459 e. The molecule has 0 atom stereocenters. The first kappa shape index (κ1) is 25.0. The Bertz CT molecular complexity index is 1170. The number of hydrogen-bond donors (Lipinski definition) is 1. The van der Waals surface area contributed by atoms with Gasteiger partial charge in [0.25, 0.3) is 5.56 Å². The highest BCUT2D eigenvalue weighted by Crippen LogP contribution is 2.27. The van der Waals surface area contributed by atoms with E-state index in [9.17, 15) is 36.7 Å². The molecule has 1 N–H and O–H groups in total. The summed E-state index contributed by atoms with van der Waals surface area (Å²) in [6, 6.07) is 1.49. The summed E-state index contributed by atoms with van der Waals surface area (Å²) < 4.78 is 62.6. The van der Waals surface area contributed by atoms with Crippen LogP contribution in [0.2, 0.25) is 0 Å². The number of nitrogens with zero attached hydrogens (tertiary/aromatic N) is 1. The molecule has 0 bridgehead atoms. The molecule has 2 aromatic rings. The lowest BCUT2D eigenvalue weighted by Crippen LogP contribution is -2.39. The van der Waals surface area contributed by atoms with E-state index in [2.05, 4.69) is 22.5 Å². The van der Waals surface area contributed by atoms with Gasteiger partial charge in [0.05, 0.1) is 11.3 Å². The maximum absolute atomic E-state index is 14.5. The van der Waals surface area contributed by atoms with E-state index >= 15 is 0 Å². The highest BCUT2D eigenvalue weighted by atomic mass is 79.9. The van der Waals surface area contributed by atoms with Crippen molar-refractivity contribution in [3.8, 4) is 5.69 Å². The van der Waals surface area contributed by atoms with Crippen molar-refractivity contribution in [3.05, 3.63) is 73.2 Å². The molecule has 1 aromatic heterocycles. The molecule has 0 aliphatic carbocycles. The molecule has 172 valence electrons. The number of benzene rings is 1. The van der Waals surface area contributed by atoms with E-state index in [4.69, 9.17) is 9.47 Å². The van der Waals surface area contributed by atoms with Crippen LogP contribution in [0.4, 0.5) is 17.6 Å². The molecule has 13 heteroatoms. The van der Waals surface area contributed by atoms with Gasteiger partial charge in [0.15, 0.2) is 0 Å². The fourth-order valence-electron chi connectivity index (χ4n) is 2.38. The van der Waals surface area contributed by atoms with E-state index in [1.54, 1.807) is 0 Å². The van der Waals surface area contributed by atoms with Crippen LogP contribution in [0.25, 0.3) is 5.69 Å². The molecule has 8 nitrogen and oxygen atoms in total. The molecule has 0 saturated heterocycles. The van der Waals surface area contributed by atoms with Crippen LogP contribution in [0.1, 0.15) is 29.9 Å². The van der Waals surface area contributed by atoms with Gasteiger partial charge in [-0.25, -0.2) is 23.3 Å². The first-order valence-electron chi connectivity index (χ1n) is 8.63. The van der Waals surface area contributed by atoms with Crippen molar-refractivity contribution in [3.63, 3.8) is 0 Å². The van der Waals surface area contributed by atoms with Gasteiger partial charge < -0.3 is 14.5 Å². The third-order valence-corrected chi connectivity index (χ3v) is 4.56. The zero-order valence-corrected chi connectivity index (χ0v) is 18.1. The molecule has 0 amide bonds. The third-order valence-electron chi connectivity index (χ3n) is 3.91. The monoisotopic (exact) mass is 522 g/mol. The van der Waals surface area contributed by atoms with E-state index in [-0.39, 0.29) is 21.7 Å². The number of ether oxygens (including phenoxy) is 2. The summed E-state index contributed by atoms with van der Waals surface area (Å²) in [5.74, 6) is -3.29. The Morgan fingerprint density at radius 1 is 1.22 bits per heavy atom. The third kappa shape index (κ3) is 5.33. The summed E-state index contributed by atoms with van der Waals surface area (Å²) in [7, 11) is 0. The van der Waals surface area contributed by atoms with Crippen LogP contribution >= 0.6 is 15.9 Å². The van der Waals surface area contributed by atoms with Crippen LogP contribution in [-0.4, -0.2) is 33.7 Å². The Morgan fingerprint density at radius 3 is 2.38 bits per heavy atom. The van der Waals surface area contributed by atoms with Crippen molar-refractivity contribution in [1.82, 2.24) is 9.55 Å². The number of carbonyl (C=O) groups is 2. The molecule has 32 heavy (non-hydrogen) atoms. The van der Waals surface area contributed by atoms with Gasteiger partial charge in [0.2, 0.25) is 5.60 Å². The number of aromatic amines is 1. The normalized spacial score (nSPS) is 11.7.